The van der Waals surface area contributed by atoms with Crippen LogP contribution in [0.1, 0.15) is 19.0 Å². The number of halogens is 1. The van der Waals surface area contributed by atoms with Crippen LogP contribution >= 0.6 is 11.6 Å². The van der Waals surface area contributed by atoms with E-state index in [1.165, 1.54) is 0 Å². The molecular formula is C13H19ClN4O3. The van der Waals surface area contributed by atoms with Gasteiger partial charge in [-0.25, -0.2) is 4.79 Å². The van der Waals surface area contributed by atoms with Gasteiger partial charge >= 0.3 is 12.0 Å². The summed E-state index contributed by atoms with van der Waals surface area (Å²) in [5, 5.41) is 16.5. The quantitative estimate of drug-likeness (QED) is 0.881. The molecule has 1 aromatic heterocycles. The van der Waals surface area contributed by atoms with Crippen LogP contribution in [0.4, 0.5) is 4.79 Å². The van der Waals surface area contributed by atoms with Crippen molar-refractivity contribution < 1.29 is 14.7 Å². The number of piperidine rings is 1. The predicted octanol–water partition coefficient (Wildman–Crippen LogP) is 1.33. The lowest BCUT2D eigenvalue weighted by molar-refractivity contribution is -0.143. The number of carbonyl (C=O) groups is 2. The van der Waals surface area contributed by atoms with Crippen molar-refractivity contribution in [1.29, 1.82) is 0 Å². The molecule has 2 atom stereocenters. The maximum absolute atomic E-state index is 12.1. The van der Waals surface area contributed by atoms with Crippen molar-refractivity contribution in [3.05, 3.63) is 16.9 Å². The van der Waals surface area contributed by atoms with Crippen molar-refractivity contribution in [1.82, 2.24) is 20.0 Å². The molecule has 21 heavy (non-hydrogen) atoms. The number of nitrogens with zero attached hydrogens (tertiary/aromatic N) is 3. The fraction of sp³-hybridized carbons (Fsp3) is 0.615. The van der Waals surface area contributed by atoms with E-state index in [9.17, 15) is 9.59 Å². The molecule has 1 saturated heterocycles. The first kappa shape index (κ1) is 15.6. The predicted molar refractivity (Wildman–Crippen MR) is 76.9 cm³/mol. The monoisotopic (exact) mass is 314 g/mol. The number of carbonyl (C=O) groups excluding carboxylic acids is 1. The Balaban J connectivity index is 1.93. The first-order valence-electron chi connectivity index (χ1n) is 6.80. The van der Waals surface area contributed by atoms with Gasteiger partial charge in [0.05, 0.1) is 17.5 Å². The number of aryl methyl sites for hydroxylation is 1. The molecular weight excluding hydrogens is 296 g/mol. The summed E-state index contributed by atoms with van der Waals surface area (Å²) >= 11 is 5.98. The van der Waals surface area contributed by atoms with E-state index in [2.05, 4.69) is 10.4 Å². The standard InChI is InChI=1S/C13H19ClN4O3/c1-8-3-9(12(19)20)6-18(5-8)13(21)15-4-11-10(14)7-17(2)16-11/h7-9H,3-6H2,1-2H3,(H,15,21)(H,19,20)/t8-,9+/m0/s1. The molecule has 0 aliphatic carbocycles. The molecule has 0 aromatic carbocycles. The molecule has 7 nitrogen and oxygen atoms in total. The van der Waals surface area contributed by atoms with Crippen LogP contribution in [0.25, 0.3) is 0 Å². The highest BCUT2D eigenvalue weighted by Gasteiger charge is 2.31. The van der Waals surface area contributed by atoms with E-state index >= 15 is 0 Å². The molecule has 1 fully saturated rings. The average molecular weight is 315 g/mol. The molecule has 8 heteroatoms. The number of hydrogen-bond acceptors (Lipinski definition) is 3. The van der Waals surface area contributed by atoms with E-state index in [1.807, 2.05) is 6.92 Å². The van der Waals surface area contributed by atoms with Gasteiger partial charge in [0.2, 0.25) is 0 Å². The Bertz CT molecular complexity index is 546. The van der Waals surface area contributed by atoms with Crippen molar-refractivity contribution >= 4 is 23.6 Å². The summed E-state index contributed by atoms with van der Waals surface area (Å²) in [6.07, 6.45) is 2.26. The number of nitrogens with one attached hydrogen (secondary N) is 1. The Morgan fingerprint density at radius 2 is 2.24 bits per heavy atom. The Labute approximate surface area is 127 Å². The summed E-state index contributed by atoms with van der Waals surface area (Å²) in [6.45, 7) is 2.97. The maximum Gasteiger partial charge on any atom is 0.317 e. The van der Waals surface area contributed by atoms with Crippen LogP contribution < -0.4 is 5.32 Å². The van der Waals surface area contributed by atoms with Crippen LogP contribution in [0, 0.1) is 11.8 Å². The summed E-state index contributed by atoms with van der Waals surface area (Å²) in [6, 6.07) is -0.283. The molecule has 0 radical (unpaired) electrons. The molecule has 1 aliphatic heterocycles. The lowest BCUT2D eigenvalue weighted by Gasteiger charge is -2.34. The number of carboxylic acids is 1. The number of urea groups is 1. The van der Waals surface area contributed by atoms with Crippen molar-refractivity contribution in [2.45, 2.75) is 19.9 Å². The summed E-state index contributed by atoms with van der Waals surface area (Å²) in [5.41, 5.74) is 0.590. The zero-order valence-electron chi connectivity index (χ0n) is 12.0. The first-order valence-corrected chi connectivity index (χ1v) is 7.18. The average Bonchev–Trinajstić information content (AvgIpc) is 2.73. The van der Waals surface area contributed by atoms with Gasteiger partial charge in [-0.15, -0.1) is 0 Å². The minimum atomic E-state index is -0.855. The topological polar surface area (TPSA) is 87.5 Å². The summed E-state index contributed by atoms with van der Waals surface area (Å²) in [7, 11) is 1.75. The third-order valence-electron chi connectivity index (χ3n) is 3.56. The Morgan fingerprint density at radius 1 is 1.52 bits per heavy atom. The van der Waals surface area contributed by atoms with Gasteiger partial charge in [-0.2, -0.15) is 5.10 Å². The zero-order valence-corrected chi connectivity index (χ0v) is 12.8. The van der Waals surface area contributed by atoms with E-state index in [4.69, 9.17) is 16.7 Å². The molecule has 0 spiro atoms. The van der Waals surface area contributed by atoms with Gasteiger partial charge < -0.3 is 15.3 Å². The molecule has 1 aromatic rings. The van der Waals surface area contributed by atoms with Crippen LogP contribution in [0.3, 0.4) is 0 Å². The van der Waals surface area contributed by atoms with Gasteiger partial charge in [0, 0.05) is 26.3 Å². The second-order valence-corrected chi connectivity index (χ2v) is 5.94. The lowest BCUT2D eigenvalue weighted by atomic mass is 9.91. The molecule has 116 valence electrons. The second-order valence-electron chi connectivity index (χ2n) is 5.54. The first-order chi connectivity index (χ1) is 9.86. The van der Waals surface area contributed by atoms with Crippen LogP contribution in [0.5, 0.6) is 0 Å². The third-order valence-corrected chi connectivity index (χ3v) is 3.87. The largest absolute Gasteiger partial charge is 0.481 e. The Kier molecular flexibility index (Phi) is 4.72. The van der Waals surface area contributed by atoms with E-state index in [1.54, 1.807) is 22.8 Å². The second kappa shape index (κ2) is 6.34. The summed E-state index contributed by atoms with van der Waals surface area (Å²) < 4.78 is 1.58. The summed E-state index contributed by atoms with van der Waals surface area (Å²) in [5.74, 6) is -1.19. The van der Waals surface area contributed by atoms with Gasteiger partial charge in [-0.1, -0.05) is 18.5 Å². The van der Waals surface area contributed by atoms with Crippen LogP contribution in [-0.4, -0.2) is 44.9 Å². The number of rotatable bonds is 3. The Hall–Kier alpha value is -1.76. The minimum Gasteiger partial charge on any atom is -0.481 e. The SMILES string of the molecule is C[C@H]1C[C@@H](C(=O)O)CN(C(=O)NCc2nn(C)cc2Cl)C1. The molecule has 1 aliphatic rings. The number of hydrogen-bond donors (Lipinski definition) is 2. The molecule has 0 bridgehead atoms. The van der Waals surface area contributed by atoms with E-state index in [-0.39, 0.29) is 25.0 Å². The molecule has 2 N–H and O–H groups in total. The van der Waals surface area contributed by atoms with Gasteiger partial charge in [-0.3, -0.25) is 9.48 Å². The van der Waals surface area contributed by atoms with Crippen LogP contribution in [0.2, 0.25) is 5.02 Å². The number of likely N-dealkylation sites (tertiary alicyclic amines) is 1. The number of carboxylic acid groups (broad SMARTS) is 1. The number of aliphatic carboxylic acids is 1. The van der Waals surface area contributed by atoms with Crippen molar-refractivity contribution in [3.8, 4) is 0 Å². The fourth-order valence-electron chi connectivity index (χ4n) is 2.59. The maximum atomic E-state index is 12.1. The molecule has 2 rings (SSSR count). The third kappa shape index (κ3) is 3.87. The molecule has 0 saturated carbocycles. The number of aromatic nitrogens is 2. The van der Waals surface area contributed by atoms with Gasteiger partial charge in [0.1, 0.15) is 5.69 Å². The van der Waals surface area contributed by atoms with Crippen molar-refractivity contribution in [3.63, 3.8) is 0 Å². The highest BCUT2D eigenvalue weighted by atomic mass is 35.5. The number of amides is 2. The highest BCUT2D eigenvalue weighted by Crippen LogP contribution is 2.22. The molecule has 0 unspecified atom stereocenters. The van der Waals surface area contributed by atoms with E-state index < -0.39 is 11.9 Å². The highest BCUT2D eigenvalue weighted by molar-refractivity contribution is 6.31. The minimum absolute atomic E-state index is 0.170. The fourth-order valence-corrected chi connectivity index (χ4v) is 2.84. The van der Waals surface area contributed by atoms with Gasteiger partial charge in [0.25, 0.3) is 0 Å². The van der Waals surface area contributed by atoms with E-state index in [0.29, 0.717) is 23.7 Å². The Morgan fingerprint density at radius 3 is 2.81 bits per heavy atom. The molecule has 2 heterocycles. The van der Waals surface area contributed by atoms with Crippen molar-refractivity contribution in [2.24, 2.45) is 18.9 Å². The normalized spacial score (nSPS) is 22.1. The molecule has 2 amide bonds. The van der Waals surface area contributed by atoms with Crippen LogP contribution in [0.15, 0.2) is 6.20 Å². The van der Waals surface area contributed by atoms with Crippen molar-refractivity contribution in [2.75, 3.05) is 13.1 Å². The van der Waals surface area contributed by atoms with Gasteiger partial charge in [-0.05, 0) is 12.3 Å². The van der Waals surface area contributed by atoms with E-state index in [0.717, 1.165) is 0 Å². The van der Waals surface area contributed by atoms with Crippen LogP contribution in [-0.2, 0) is 18.4 Å². The zero-order chi connectivity index (χ0) is 15.6. The smallest absolute Gasteiger partial charge is 0.317 e. The van der Waals surface area contributed by atoms with Gasteiger partial charge in [0.15, 0.2) is 0 Å². The lowest BCUT2D eigenvalue weighted by Crippen LogP contribution is -2.49. The summed E-state index contributed by atoms with van der Waals surface area (Å²) in [4.78, 5) is 24.8.